The van der Waals surface area contributed by atoms with Gasteiger partial charge in [0, 0.05) is 5.75 Å². The molecule has 0 aromatic carbocycles. The summed E-state index contributed by atoms with van der Waals surface area (Å²) in [6, 6.07) is -0.737. The first kappa shape index (κ1) is 13.3. The van der Waals surface area contributed by atoms with Gasteiger partial charge < -0.3 is 10.0 Å². The molecule has 6 nitrogen and oxygen atoms in total. The standard InChI is InChI=1S/C10H13N3O3S2/c1-2-3-6-8(18-12-11-6)9(14)13-5-17-4-7(13)10(15)16/h7H,2-5H2,1H3,(H,15,16)/t7-/m0/s1. The largest absolute Gasteiger partial charge is 0.480 e. The van der Waals surface area contributed by atoms with Crippen LogP contribution in [-0.4, -0.2) is 49.1 Å². The summed E-state index contributed by atoms with van der Waals surface area (Å²) in [5, 5.41) is 13.0. The highest BCUT2D eigenvalue weighted by Crippen LogP contribution is 2.25. The average Bonchev–Trinajstić information content (AvgIpc) is 2.96. The second kappa shape index (κ2) is 5.66. The highest BCUT2D eigenvalue weighted by molar-refractivity contribution is 7.99. The fourth-order valence-corrected chi connectivity index (χ4v) is 3.56. The number of aryl methyl sites for hydroxylation is 1. The van der Waals surface area contributed by atoms with Gasteiger partial charge in [-0.25, -0.2) is 4.79 Å². The monoisotopic (exact) mass is 287 g/mol. The van der Waals surface area contributed by atoms with Gasteiger partial charge in [0.1, 0.15) is 10.9 Å². The fraction of sp³-hybridized carbons (Fsp3) is 0.600. The number of aliphatic carboxylic acids is 1. The summed E-state index contributed by atoms with van der Waals surface area (Å²) in [5.41, 5.74) is 0.675. The van der Waals surface area contributed by atoms with Crippen molar-refractivity contribution in [2.24, 2.45) is 0 Å². The molecular formula is C10H13N3O3S2. The van der Waals surface area contributed by atoms with Gasteiger partial charge in [0.25, 0.3) is 5.91 Å². The van der Waals surface area contributed by atoms with Crippen molar-refractivity contribution in [3.63, 3.8) is 0 Å². The van der Waals surface area contributed by atoms with Gasteiger partial charge in [0.2, 0.25) is 0 Å². The highest BCUT2D eigenvalue weighted by Gasteiger charge is 2.36. The van der Waals surface area contributed by atoms with Gasteiger partial charge in [-0.2, -0.15) is 0 Å². The highest BCUT2D eigenvalue weighted by atomic mass is 32.2. The Kier molecular flexibility index (Phi) is 4.18. The summed E-state index contributed by atoms with van der Waals surface area (Å²) in [5.74, 6) is -0.357. The summed E-state index contributed by atoms with van der Waals surface area (Å²) in [6.45, 7) is 2.00. The number of thioether (sulfide) groups is 1. The van der Waals surface area contributed by atoms with E-state index in [1.165, 1.54) is 16.7 Å². The van der Waals surface area contributed by atoms with E-state index in [-0.39, 0.29) is 5.91 Å². The molecular weight excluding hydrogens is 274 g/mol. The van der Waals surface area contributed by atoms with Crippen molar-refractivity contribution >= 4 is 35.2 Å². The maximum atomic E-state index is 12.3. The van der Waals surface area contributed by atoms with E-state index in [0.717, 1.165) is 18.0 Å². The van der Waals surface area contributed by atoms with E-state index in [4.69, 9.17) is 5.11 Å². The van der Waals surface area contributed by atoms with Crippen LogP contribution in [0.5, 0.6) is 0 Å². The Morgan fingerprint density at radius 3 is 3.00 bits per heavy atom. The molecule has 1 saturated heterocycles. The Bertz CT molecular complexity index is 463. The second-order valence-corrected chi connectivity index (χ2v) is 5.68. The van der Waals surface area contributed by atoms with Crippen molar-refractivity contribution in [3.8, 4) is 0 Å². The molecule has 1 aromatic heterocycles. The van der Waals surface area contributed by atoms with E-state index in [0.29, 0.717) is 28.6 Å². The van der Waals surface area contributed by atoms with Crippen molar-refractivity contribution in [2.45, 2.75) is 25.8 Å². The molecule has 1 amide bonds. The van der Waals surface area contributed by atoms with Gasteiger partial charge in [-0.1, -0.05) is 17.8 Å². The maximum Gasteiger partial charge on any atom is 0.327 e. The van der Waals surface area contributed by atoms with Crippen molar-refractivity contribution in [1.29, 1.82) is 0 Å². The van der Waals surface area contributed by atoms with Gasteiger partial charge in [-0.05, 0) is 18.0 Å². The molecule has 98 valence electrons. The summed E-state index contributed by atoms with van der Waals surface area (Å²) >= 11 is 2.50. The predicted molar refractivity (Wildman–Crippen MR) is 68.8 cm³/mol. The van der Waals surface area contributed by atoms with E-state index in [1.807, 2.05) is 6.92 Å². The fourth-order valence-electron chi connectivity index (χ4n) is 1.75. The Morgan fingerprint density at radius 1 is 1.56 bits per heavy atom. The first-order chi connectivity index (χ1) is 8.65. The Morgan fingerprint density at radius 2 is 2.33 bits per heavy atom. The zero-order chi connectivity index (χ0) is 13.1. The lowest BCUT2D eigenvalue weighted by Gasteiger charge is -2.19. The van der Waals surface area contributed by atoms with Crippen LogP contribution >= 0.6 is 23.3 Å². The summed E-state index contributed by atoms with van der Waals surface area (Å²) < 4.78 is 3.79. The SMILES string of the molecule is CCCc1nnsc1C(=O)N1CSC[C@H]1C(=O)O. The minimum absolute atomic E-state index is 0.258. The number of hydrogen-bond acceptors (Lipinski definition) is 6. The molecule has 18 heavy (non-hydrogen) atoms. The summed E-state index contributed by atoms with van der Waals surface area (Å²) in [4.78, 5) is 25.2. The molecule has 1 N–H and O–H groups in total. The van der Waals surface area contributed by atoms with E-state index < -0.39 is 12.0 Å². The number of hydrogen-bond donors (Lipinski definition) is 1. The molecule has 0 unspecified atom stereocenters. The quantitative estimate of drug-likeness (QED) is 0.892. The number of carboxylic acid groups (broad SMARTS) is 1. The lowest BCUT2D eigenvalue weighted by molar-refractivity contribution is -0.140. The molecule has 0 bridgehead atoms. The van der Waals surface area contributed by atoms with Crippen LogP contribution in [0.2, 0.25) is 0 Å². The molecule has 1 aromatic rings. The van der Waals surface area contributed by atoms with Crippen molar-refractivity contribution in [2.75, 3.05) is 11.6 Å². The summed E-state index contributed by atoms with van der Waals surface area (Å²) in [7, 11) is 0. The van der Waals surface area contributed by atoms with Gasteiger partial charge in [-0.15, -0.1) is 16.9 Å². The number of carboxylic acids is 1. The number of carbonyl (C=O) groups excluding carboxylic acids is 1. The van der Waals surface area contributed by atoms with E-state index >= 15 is 0 Å². The molecule has 0 aliphatic carbocycles. The number of amides is 1. The van der Waals surface area contributed by atoms with Crippen LogP contribution in [-0.2, 0) is 11.2 Å². The van der Waals surface area contributed by atoms with Gasteiger partial charge >= 0.3 is 5.97 Å². The van der Waals surface area contributed by atoms with Crippen LogP contribution in [0.1, 0.15) is 28.7 Å². The molecule has 1 aliphatic heterocycles. The zero-order valence-electron chi connectivity index (χ0n) is 9.83. The van der Waals surface area contributed by atoms with Gasteiger partial charge in [0.05, 0.1) is 11.6 Å². The topological polar surface area (TPSA) is 83.4 Å². The molecule has 0 radical (unpaired) electrons. The zero-order valence-corrected chi connectivity index (χ0v) is 11.5. The van der Waals surface area contributed by atoms with Gasteiger partial charge in [0.15, 0.2) is 0 Å². The maximum absolute atomic E-state index is 12.3. The van der Waals surface area contributed by atoms with Crippen molar-refractivity contribution in [1.82, 2.24) is 14.5 Å². The third kappa shape index (κ3) is 2.49. The lowest BCUT2D eigenvalue weighted by Crippen LogP contribution is -2.41. The molecule has 0 saturated carbocycles. The van der Waals surface area contributed by atoms with Crippen molar-refractivity contribution in [3.05, 3.63) is 10.6 Å². The van der Waals surface area contributed by atoms with Crippen LogP contribution < -0.4 is 0 Å². The molecule has 8 heteroatoms. The molecule has 1 fully saturated rings. The Hall–Kier alpha value is -1.15. The first-order valence-corrected chi connectivity index (χ1v) is 7.50. The lowest BCUT2D eigenvalue weighted by atomic mass is 10.2. The molecule has 0 spiro atoms. The number of nitrogens with zero attached hydrogens (tertiary/aromatic N) is 3. The van der Waals surface area contributed by atoms with E-state index in [1.54, 1.807) is 0 Å². The second-order valence-electron chi connectivity index (χ2n) is 3.93. The van der Waals surface area contributed by atoms with E-state index in [2.05, 4.69) is 9.59 Å². The Labute approximate surface area is 113 Å². The number of aromatic nitrogens is 2. The van der Waals surface area contributed by atoms with Crippen molar-refractivity contribution < 1.29 is 14.7 Å². The molecule has 1 aliphatic rings. The summed E-state index contributed by atoms with van der Waals surface area (Å²) in [6.07, 6.45) is 1.57. The minimum atomic E-state index is -0.956. The molecule has 2 rings (SSSR count). The predicted octanol–water partition coefficient (Wildman–Crippen LogP) is 1.09. The van der Waals surface area contributed by atoms with Crippen LogP contribution in [0.15, 0.2) is 0 Å². The average molecular weight is 287 g/mol. The van der Waals surface area contributed by atoms with Crippen LogP contribution in [0.4, 0.5) is 0 Å². The number of carbonyl (C=O) groups is 2. The Balaban J connectivity index is 2.20. The third-order valence-corrected chi connectivity index (χ3v) is 4.43. The van der Waals surface area contributed by atoms with Crippen LogP contribution in [0.25, 0.3) is 0 Å². The minimum Gasteiger partial charge on any atom is -0.480 e. The van der Waals surface area contributed by atoms with Crippen LogP contribution in [0.3, 0.4) is 0 Å². The third-order valence-electron chi connectivity index (χ3n) is 2.67. The number of rotatable bonds is 4. The normalized spacial score (nSPS) is 19.2. The molecule has 2 heterocycles. The van der Waals surface area contributed by atoms with Crippen LogP contribution in [0, 0.1) is 0 Å². The van der Waals surface area contributed by atoms with E-state index in [9.17, 15) is 9.59 Å². The smallest absolute Gasteiger partial charge is 0.327 e. The van der Waals surface area contributed by atoms with Gasteiger partial charge in [-0.3, -0.25) is 4.79 Å². The molecule has 1 atom stereocenters. The first-order valence-electron chi connectivity index (χ1n) is 5.58.